The third-order valence-corrected chi connectivity index (χ3v) is 10.9. The van der Waals surface area contributed by atoms with Crippen LogP contribution in [0.4, 0.5) is 0 Å². The minimum absolute atomic E-state index is 0.154. The minimum Gasteiger partial charge on any atom is -0.365 e. The summed E-state index contributed by atoms with van der Waals surface area (Å²) in [4.78, 5) is 25.0. The number of fused-ring (bicyclic) bond motifs is 7. The lowest BCUT2D eigenvalue weighted by molar-refractivity contribution is 0.647. The number of hydrogen-bond donors (Lipinski definition) is 2. The highest BCUT2D eigenvalue weighted by atomic mass is 15.3. The number of hydrogen-bond acceptors (Lipinski definition) is 7. The number of aromatic nitrogens is 4. The minimum atomic E-state index is -0.518. The van der Waals surface area contributed by atoms with E-state index in [0.29, 0.717) is 24.2 Å². The van der Waals surface area contributed by atoms with E-state index in [9.17, 15) is 0 Å². The molecule has 9 nitrogen and oxygen atoms in total. The lowest BCUT2D eigenvalue weighted by Gasteiger charge is -2.26. The molecule has 0 amide bonds. The van der Waals surface area contributed by atoms with E-state index >= 15 is 0 Å². The lowest BCUT2D eigenvalue weighted by atomic mass is 10.1. The van der Waals surface area contributed by atoms with Crippen LogP contribution in [-0.4, -0.2) is 43.3 Å². The van der Waals surface area contributed by atoms with Crippen LogP contribution in [0.25, 0.3) is 55.0 Å². The molecular weight excluding hydrogens is 691 g/mol. The summed E-state index contributed by atoms with van der Waals surface area (Å²) in [6, 6.07) is 42.2. The van der Waals surface area contributed by atoms with E-state index in [1.807, 2.05) is 67.1 Å². The van der Waals surface area contributed by atoms with Crippen LogP contribution in [-0.2, 0) is 0 Å². The molecule has 9 heteroatoms. The summed E-state index contributed by atoms with van der Waals surface area (Å²) in [5.74, 6) is 2.74. The molecule has 0 saturated heterocycles. The van der Waals surface area contributed by atoms with Crippen LogP contribution >= 0.6 is 0 Å². The van der Waals surface area contributed by atoms with Crippen molar-refractivity contribution in [3.8, 4) is 11.4 Å². The Morgan fingerprint density at radius 3 is 2.04 bits per heavy atom. The van der Waals surface area contributed by atoms with Crippen molar-refractivity contribution < 1.29 is 0 Å². The molecule has 11 rings (SSSR count). The molecule has 3 aliphatic rings. The Morgan fingerprint density at radius 2 is 1.32 bits per heavy atom. The number of nitrogens with one attached hydrogen (secondary N) is 2. The number of amidine groups is 2. The zero-order chi connectivity index (χ0) is 37.0. The standard InChI is InChI=1S/C47H35N9/c1-4-14-30(15-5-1)43-48-26-32(27-49-43)45-52-46(33-28-50-44(51-29-33)31-16-6-2-7-17-31)54-47(53-45)56-40-23-13-11-21-36(40)38-25-24-37-35-20-10-12-22-39(35)55(41(37)42(38)56)34-18-8-3-9-19-34/h1-18,20-28,34,45H,19,29H2,(H,50,51)(H,52,53,54). The van der Waals surface area contributed by atoms with E-state index in [2.05, 4.69) is 117 Å². The van der Waals surface area contributed by atoms with Gasteiger partial charge in [-0.2, -0.15) is 4.99 Å². The molecule has 0 fully saturated rings. The Labute approximate surface area is 322 Å². The fourth-order valence-corrected chi connectivity index (χ4v) is 8.26. The molecule has 2 aliphatic heterocycles. The average molecular weight is 726 g/mol. The van der Waals surface area contributed by atoms with E-state index < -0.39 is 6.17 Å². The topological polar surface area (TPSA) is 96.8 Å². The second-order valence-corrected chi connectivity index (χ2v) is 14.2. The van der Waals surface area contributed by atoms with Crippen molar-refractivity contribution in [2.45, 2.75) is 18.6 Å². The van der Waals surface area contributed by atoms with Crippen LogP contribution in [0.1, 0.15) is 29.8 Å². The second-order valence-electron chi connectivity index (χ2n) is 14.2. The number of allylic oxidation sites excluding steroid dienone is 4. The van der Waals surface area contributed by atoms with E-state index in [0.717, 1.165) is 56.3 Å². The van der Waals surface area contributed by atoms with Gasteiger partial charge in [-0.1, -0.05) is 133 Å². The van der Waals surface area contributed by atoms with Gasteiger partial charge in [0.2, 0.25) is 5.96 Å². The summed E-state index contributed by atoms with van der Waals surface area (Å²) in [7, 11) is 0. The van der Waals surface area contributed by atoms with E-state index in [1.54, 1.807) is 0 Å². The molecule has 56 heavy (non-hydrogen) atoms. The molecule has 1 aliphatic carbocycles. The summed E-state index contributed by atoms with van der Waals surface area (Å²) >= 11 is 0. The van der Waals surface area contributed by atoms with Crippen LogP contribution < -0.4 is 10.6 Å². The largest absolute Gasteiger partial charge is 0.365 e. The molecule has 268 valence electrons. The Bertz CT molecular complexity index is 3020. The summed E-state index contributed by atoms with van der Waals surface area (Å²) in [6.07, 6.45) is 14.9. The first-order valence-corrected chi connectivity index (χ1v) is 18.9. The van der Waals surface area contributed by atoms with Gasteiger partial charge in [-0.3, -0.25) is 4.57 Å². The third-order valence-electron chi connectivity index (χ3n) is 10.9. The van der Waals surface area contributed by atoms with Crippen LogP contribution in [0.15, 0.2) is 185 Å². The summed E-state index contributed by atoms with van der Waals surface area (Å²) < 4.78 is 4.81. The summed E-state index contributed by atoms with van der Waals surface area (Å²) in [6.45, 7) is 0.521. The monoisotopic (exact) mass is 725 g/mol. The number of rotatable bonds is 5. The van der Waals surface area contributed by atoms with Gasteiger partial charge in [-0.15, -0.1) is 0 Å². The molecule has 5 aromatic carbocycles. The molecule has 3 aromatic heterocycles. The molecule has 0 saturated carbocycles. The normalized spacial score (nSPS) is 18.1. The van der Waals surface area contributed by atoms with Crippen LogP contribution in [0.2, 0.25) is 0 Å². The molecule has 0 spiro atoms. The molecule has 2 atom stereocenters. The molecule has 5 heterocycles. The fourth-order valence-electron chi connectivity index (χ4n) is 8.26. The van der Waals surface area contributed by atoms with E-state index in [4.69, 9.17) is 24.9 Å². The quantitative estimate of drug-likeness (QED) is 0.185. The zero-order valence-electron chi connectivity index (χ0n) is 30.3. The van der Waals surface area contributed by atoms with Gasteiger partial charge in [0.15, 0.2) is 17.8 Å². The highest BCUT2D eigenvalue weighted by Gasteiger charge is 2.29. The van der Waals surface area contributed by atoms with E-state index in [-0.39, 0.29) is 6.04 Å². The first-order chi connectivity index (χ1) is 27.8. The van der Waals surface area contributed by atoms with Gasteiger partial charge in [0.1, 0.15) is 5.84 Å². The number of para-hydroxylation sites is 2. The highest BCUT2D eigenvalue weighted by Crippen LogP contribution is 2.41. The maximum Gasteiger partial charge on any atom is 0.212 e. The lowest BCUT2D eigenvalue weighted by Crippen LogP contribution is -2.39. The Balaban J connectivity index is 1.13. The van der Waals surface area contributed by atoms with Crippen molar-refractivity contribution in [2.24, 2.45) is 15.0 Å². The van der Waals surface area contributed by atoms with Crippen LogP contribution in [0, 0.1) is 0 Å². The third kappa shape index (κ3) is 5.27. The van der Waals surface area contributed by atoms with Gasteiger partial charge in [0, 0.05) is 74.5 Å². The summed E-state index contributed by atoms with van der Waals surface area (Å²) in [5.41, 5.74) is 8.21. The first kappa shape index (κ1) is 32.1. The van der Waals surface area contributed by atoms with Gasteiger partial charge < -0.3 is 15.2 Å². The molecular formula is C47H35N9. The van der Waals surface area contributed by atoms with Crippen molar-refractivity contribution in [1.29, 1.82) is 0 Å². The molecule has 8 aromatic rings. The van der Waals surface area contributed by atoms with Gasteiger partial charge in [0.05, 0.1) is 22.6 Å². The smallest absolute Gasteiger partial charge is 0.212 e. The fraction of sp³-hybridized carbons (Fsp3) is 0.0851. The van der Waals surface area contributed by atoms with Gasteiger partial charge in [0.25, 0.3) is 0 Å². The first-order valence-electron chi connectivity index (χ1n) is 18.9. The van der Waals surface area contributed by atoms with Crippen molar-refractivity contribution in [2.75, 3.05) is 6.54 Å². The molecule has 0 radical (unpaired) electrons. The van der Waals surface area contributed by atoms with Gasteiger partial charge in [-0.05, 0) is 18.6 Å². The van der Waals surface area contributed by atoms with Crippen LogP contribution in [0.3, 0.4) is 0 Å². The van der Waals surface area contributed by atoms with Gasteiger partial charge >= 0.3 is 0 Å². The molecule has 2 unspecified atom stereocenters. The zero-order valence-corrected chi connectivity index (χ0v) is 30.3. The average Bonchev–Trinajstić information content (AvgIpc) is 3.80. The molecule has 2 N–H and O–H groups in total. The Hall–Kier alpha value is -7.39. The highest BCUT2D eigenvalue weighted by molar-refractivity contribution is 6.26. The Morgan fingerprint density at radius 1 is 0.643 bits per heavy atom. The maximum absolute atomic E-state index is 5.36. The predicted molar refractivity (Wildman–Crippen MR) is 227 cm³/mol. The Kier molecular flexibility index (Phi) is 7.55. The number of benzene rings is 5. The van der Waals surface area contributed by atoms with Crippen molar-refractivity contribution >= 4 is 61.2 Å². The predicted octanol–water partition coefficient (Wildman–Crippen LogP) is 9.26. The SMILES string of the molecule is C1=CCC(n2c3ccccc3c3ccc4c5ccccc5n(C5=NC(C6=CN=C(c7ccccc7)NC6)=NC(c6cnc(-c7ccccc7)nc6)N5)c4c32)C=C1. The molecule has 0 bridgehead atoms. The van der Waals surface area contributed by atoms with Crippen LogP contribution in [0.5, 0.6) is 0 Å². The van der Waals surface area contributed by atoms with Crippen molar-refractivity contribution in [3.05, 3.63) is 181 Å². The maximum atomic E-state index is 5.36. The van der Waals surface area contributed by atoms with E-state index in [1.165, 1.54) is 21.8 Å². The number of aliphatic imine (C=N–C) groups is 3. The van der Waals surface area contributed by atoms with Crippen molar-refractivity contribution in [1.82, 2.24) is 29.7 Å². The second kappa shape index (κ2) is 13.2. The van der Waals surface area contributed by atoms with Crippen molar-refractivity contribution in [3.63, 3.8) is 0 Å². The summed E-state index contributed by atoms with van der Waals surface area (Å²) in [5, 5.41) is 12.0. The van der Waals surface area contributed by atoms with Gasteiger partial charge in [-0.25, -0.2) is 20.0 Å². The number of nitrogens with zero attached hydrogens (tertiary/aromatic N) is 7.